The third kappa shape index (κ3) is 46.5. The Bertz CT molecular complexity index is 4380. The summed E-state index contributed by atoms with van der Waals surface area (Å²) in [5.74, 6) is -25.3. The lowest BCUT2D eigenvalue weighted by Gasteiger charge is -2.44. The molecule has 50 heteroatoms. The van der Waals surface area contributed by atoms with Crippen molar-refractivity contribution in [3.63, 3.8) is 0 Å². The standard InChI is InChI=1S/C93H137F5N8O37/c1-51(107)104-79-87(137-60(10)116)83(134-57(7)113)66(48-131-54(4)110)140-91(79)128-40-27-16-13-22-35-100-70(120)32-43-125-64-46-63(90(124)103-39-25-19-20-30-69(119)99-38-26-21-31-73(123)143-86-77(97)75(95)74(94)76(96)78(86)98)47-65(126-44-33-71(121)101-36-23-14-17-28-41-129-92-80(105-52(2)108)88(138-61(11)117)84(135-58(8)114)67(141-92)49-132-55(5)111)82(64)127-45-34-72(122)102-37-24-15-18-29-42-130-93-81(106-53(3)109)89(139-62(12)118)85(136-59(9)115)68(142-93)50-133-56(6)112/h46,64-68,79-85,87-89,91-93H,13-45,47-50H2,1-12H3,(H,99,119)(H,100,120)(H,101,121)(H,102,122)(H,103,124)(H,104,107)(H,105,108)(H,106,109)/t64-,65-,66-,67-,68-,79-,80-,81-,82-,83?,84+,85?,87-,88-,89-,91-,92?,93-/m1/s1. The van der Waals surface area contributed by atoms with Gasteiger partial charge in [0.2, 0.25) is 82.1 Å². The molecule has 0 aromatic heterocycles. The van der Waals surface area contributed by atoms with Gasteiger partial charge >= 0.3 is 59.7 Å². The highest BCUT2D eigenvalue weighted by molar-refractivity contribution is 5.94. The van der Waals surface area contributed by atoms with Gasteiger partial charge in [-0.15, -0.1) is 0 Å². The van der Waals surface area contributed by atoms with Crippen LogP contribution in [0.4, 0.5) is 22.0 Å². The SMILES string of the molecule is CC(=O)N[C@H]1[C@H](OCCCCCCNC(=O)CCO[C@@H]2[C@H](OCCC(=O)NCCCCCCO[C@@H]3O[C@H](COC(C)=O)C(OC(C)=O)[C@H](OC(C)=O)[C@H]3NC(C)=O)C=C(C(=O)NCCCCCC(=O)NCCCCC(=O)Oc3c(F)c(F)c(F)c(F)c3F)C[C@H]2OCCC(=O)NCCCCCCOC2O[C@H](COC(C)=O)[C@H](OC(C)=O)[C@H](OC(C)=O)[C@H]2NC(C)=O)O[C@H](COC(C)=O)C(OC(C)=O)[C@@H]1OC(C)=O. The summed E-state index contributed by atoms with van der Waals surface area (Å²) in [7, 11) is 0. The third-order valence-corrected chi connectivity index (χ3v) is 21.8. The van der Waals surface area contributed by atoms with Crippen molar-refractivity contribution in [2.45, 2.75) is 341 Å². The molecule has 8 N–H and O–H groups in total. The maximum atomic E-state index is 14.3. The van der Waals surface area contributed by atoms with Gasteiger partial charge in [-0.3, -0.25) is 86.3 Å². The molecule has 1 aliphatic carbocycles. The summed E-state index contributed by atoms with van der Waals surface area (Å²) in [6, 6.07) is -3.52. The fourth-order valence-electron chi connectivity index (χ4n) is 15.5. The molecule has 0 bridgehead atoms. The van der Waals surface area contributed by atoms with Crippen molar-refractivity contribution >= 4 is 107 Å². The van der Waals surface area contributed by atoms with Crippen LogP contribution in [0.1, 0.15) is 231 Å². The Morgan fingerprint density at radius 2 is 0.594 bits per heavy atom. The lowest BCUT2D eigenvalue weighted by molar-refractivity contribution is -0.277. The molecule has 143 heavy (non-hydrogen) atoms. The molecule has 3 saturated heterocycles. The number of carbonyl (C=O) groups is 18. The number of halogens is 5. The van der Waals surface area contributed by atoms with Crippen molar-refractivity contribution in [1.29, 1.82) is 0 Å². The molecule has 8 amide bonds. The van der Waals surface area contributed by atoms with E-state index in [1.54, 1.807) is 0 Å². The fraction of sp³-hybridized carbons (Fsp3) is 0.720. The molecular weight excluding hydrogens is 1920 g/mol. The normalized spacial score (nSPS) is 22.8. The van der Waals surface area contributed by atoms with Crippen molar-refractivity contribution in [3.05, 3.63) is 40.7 Å². The highest BCUT2D eigenvalue weighted by Crippen LogP contribution is 2.35. The maximum Gasteiger partial charge on any atom is 0.311 e. The quantitative estimate of drug-likeness (QED) is 0.00870. The molecule has 1 aromatic carbocycles. The zero-order valence-electron chi connectivity index (χ0n) is 82.6. The Labute approximate surface area is 824 Å². The van der Waals surface area contributed by atoms with E-state index >= 15 is 0 Å². The summed E-state index contributed by atoms with van der Waals surface area (Å²) in [6.45, 7) is 12.7. The van der Waals surface area contributed by atoms with Crippen LogP contribution in [0.15, 0.2) is 11.6 Å². The first-order valence-electron chi connectivity index (χ1n) is 47.6. The first-order valence-corrected chi connectivity index (χ1v) is 47.6. The number of unbranched alkanes of at least 4 members (excludes halogenated alkanes) is 12. The lowest BCUT2D eigenvalue weighted by atomic mass is 9.91. The third-order valence-electron chi connectivity index (χ3n) is 21.8. The monoisotopic (exact) mass is 2050 g/mol. The Balaban J connectivity index is 1.26. The van der Waals surface area contributed by atoms with Gasteiger partial charge in [0.05, 0.1) is 25.9 Å². The lowest BCUT2D eigenvalue weighted by Crippen LogP contribution is -2.66. The number of carbonyl (C=O) groups excluding carboxylic acids is 18. The molecule has 0 radical (unpaired) electrons. The van der Waals surface area contributed by atoms with E-state index in [2.05, 4.69) is 47.3 Å². The van der Waals surface area contributed by atoms with Gasteiger partial charge in [0.1, 0.15) is 68.5 Å². The Morgan fingerprint density at radius 3 is 0.937 bits per heavy atom. The Hall–Kier alpha value is -11.3. The fourth-order valence-corrected chi connectivity index (χ4v) is 15.5. The van der Waals surface area contributed by atoms with Crippen LogP contribution < -0.4 is 47.3 Å². The first-order chi connectivity index (χ1) is 67.9. The molecule has 3 heterocycles. The summed E-state index contributed by atoms with van der Waals surface area (Å²) >= 11 is 0. The second kappa shape index (κ2) is 65.9. The number of ether oxygens (including phenoxy) is 19. The second-order valence-electron chi connectivity index (χ2n) is 34.0. The van der Waals surface area contributed by atoms with Crippen LogP contribution in [-0.4, -0.2) is 309 Å². The zero-order valence-corrected chi connectivity index (χ0v) is 82.6. The molecule has 0 spiro atoms. The zero-order chi connectivity index (χ0) is 106. The van der Waals surface area contributed by atoms with Gasteiger partial charge in [0.25, 0.3) is 0 Å². The summed E-state index contributed by atoms with van der Waals surface area (Å²) in [5, 5.41) is 22.1. The van der Waals surface area contributed by atoms with E-state index in [4.69, 9.17) is 85.3 Å². The van der Waals surface area contributed by atoms with Crippen LogP contribution in [0.2, 0.25) is 0 Å². The summed E-state index contributed by atoms with van der Waals surface area (Å²) in [6.07, 6.45) is -10.7. The predicted molar refractivity (Wildman–Crippen MR) is 480 cm³/mol. The molecule has 3 aliphatic heterocycles. The molecule has 18 atom stereocenters. The van der Waals surface area contributed by atoms with Gasteiger partial charge in [0.15, 0.2) is 55.5 Å². The number of benzene rings is 1. The van der Waals surface area contributed by atoms with Crippen molar-refractivity contribution in [2.24, 2.45) is 0 Å². The van der Waals surface area contributed by atoms with Crippen LogP contribution in [0.5, 0.6) is 5.75 Å². The highest BCUT2D eigenvalue weighted by atomic mass is 19.2. The number of hydrogen-bond acceptors (Lipinski definition) is 37. The summed E-state index contributed by atoms with van der Waals surface area (Å²) in [5.41, 5.74) is 0.158. The number of esters is 10. The minimum atomic E-state index is -2.43. The van der Waals surface area contributed by atoms with Crippen LogP contribution >= 0.6 is 0 Å². The minimum Gasteiger partial charge on any atom is -0.463 e. The van der Waals surface area contributed by atoms with Crippen LogP contribution in [0.25, 0.3) is 0 Å². The molecular formula is C93H137F5N8O37. The highest BCUT2D eigenvalue weighted by Gasteiger charge is 2.55. The molecule has 3 fully saturated rings. The van der Waals surface area contributed by atoms with E-state index in [0.29, 0.717) is 96.3 Å². The van der Waals surface area contributed by atoms with Crippen molar-refractivity contribution in [1.82, 2.24) is 42.5 Å². The van der Waals surface area contributed by atoms with Crippen LogP contribution in [0.3, 0.4) is 0 Å². The second-order valence-corrected chi connectivity index (χ2v) is 34.0. The Kier molecular flexibility index (Phi) is 56.3. The minimum absolute atomic E-state index is 0.00332. The number of nitrogens with one attached hydrogen (secondary N) is 8. The van der Waals surface area contributed by atoms with Crippen LogP contribution in [0, 0.1) is 29.1 Å². The topological polar surface area (TPSA) is 579 Å². The maximum absolute atomic E-state index is 14.3. The predicted octanol–water partition coefficient (Wildman–Crippen LogP) is 3.95. The molecule has 3 unspecified atom stereocenters. The number of amides is 8. The first kappa shape index (κ1) is 122. The van der Waals surface area contributed by atoms with Gasteiger partial charge in [-0.2, -0.15) is 8.78 Å². The molecule has 1 aromatic rings. The van der Waals surface area contributed by atoms with E-state index in [0.717, 1.165) is 62.3 Å². The average molecular weight is 2050 g/mol. The molecule has 4 aliphatic rings. The largest absolute Gasteiger partial charge is 0.463 e. The average Bonchev–Trinajstić information content (AvgIpc) is 0.759. The van der Waals surface area contributed by atoms with Crippen molar-refractivity contribution in [2.75, 3.05) is 92.2 Å². The molecule has 0 saturated carbocycles. The van der Waals surface area contributed by atoms with E-state index in [1.807, 2.05) is 0 Å². The van der Waals surface area contributed by atoms with Gasteiger partial charge in [-0.1, -0.05) is 44.9 Å². The van der Waals surface area contributed by atoms with E-state index < -0.39 is 272 Å². The molecule has 45 nitrogen and oxygen atoms in total. The van der Waals surface area contributed by atoms with Gasteiger partial charge in [-0.25, -0.2) is 13.2 Å². The number of hydrogen-bond donors (Lipinski definition) is 8. The van der Waals surface area contributed by atoms with E-state index in [-0.39, 0.29) is 129 Å². The smallest absolute Gasteiger partial charge is 0.311 e. The van der Waals surface area contributed by atoms with Crippen LogP contribution in [-0.2, 0) is 172 Å². The van der Waals surface area contributed by atoms with E-state index in [9.17, 15) is 108 Å². The van der Waals surface area contributed by atoms with Gasteiger partial charge in [-0.05, 0) is 70.3 Å². The van der Waals surface area contributed by atoms with Crippen molar-refractivity contribution < 1.29 is 198 Å². The Morgan fingerprint density at radius 1 is 0.301 bits per heavy atom. The van der Waals surface area contributed by atoms with Gasteiger partial charge in [0, 0.05) is 180 Å². The number of rotatable bonds is 64. The van der Waals surface area contributed by atoms with Gasteiger partial charge < -0.3 is 133 Å². The molecule has 5 rings (SSSR count). The summed E-state index contributed by atoms with van der Waals surface area (Å²) < 4.78 is 178. The summed E-state index contributed by atoms with van der Waals surface area (Å²) in [4.78, 5) is 227. The van der Waals surface area contributed by atoms with E-state index in [1.165, 1.54) is 26.8 Å². The molecule has 806 valence electrons. The van der Waals surface area contributed by atoms with Crippen molar-refractivity contribution in [3.8, 4) is 5.75 Å².